The van der Waals surface area contributed by atoms with Crippen LogP contribution in [0.25, 0.3) is 54.7 Å². The maximum Gasteiger partial charge on any atom is 0.145 e. The summed E-state index contributed by atoms with van der Waals surface area (Å²) < 4.78 is 0. The highest BCUT2D eigenvalue weighted by atomic mass is 15.1. The first-order valence-corrected chi connectivity index (χ1v) is 18.1. The number of pyridine rings is 1. The molecule has 3 nitrogen and oxygen atoms in total. The molecular weight excluding hydrogens is 631 g/mol. The second-order valence-corrected chi connectivity index (χ2v) is 13.7. The van der Waals surface area contributed by atoms with E-state index in [4.69, 9.17) is 4.99 Å². The normalized spacial score (nSPS) is 15.5. The van der Waals surface area contributed by atoms with Gasteiger partial charge in [0.05, 0.1) is 5.71 Å². The molecule has 1 aliphatic carbocycles. The molecule has 1 atom stereocenters. The average molecular weight is 666 g/mol. The topological polar surface area (TPSA) is 37.3 Å². The van der Waals surface area contributed by atoms with Crippen LogP contribution < -0.4 is 5.32 Å². The third kappa shape index (κ3) is 5.30. The number of aromatic nitrogens is 1. The lowest BCUT2D eigenvalue weighted by Crippen LogP contribution is -2.25. The van der Waals surface area contributed by atoms with Crippen LogP contribution >= 0.6 is 0 Å². The highest BCUT2D eigenvalue weighted by Gasteiger charge is 2.22. The van der Waals surface area contributed by atoms with E-state index >= 15 is 0 Å². The first-order chi connectivity index (χ1) is 25.8. The molecule has 52 heavy (non-hydrogen) atoms. The van der Waals surface area contributed by atoms with Crippen LogP contribution in [0.3, 0.4) is 0 Å². The smallest absolute Gasteiger partial charge is 0.145 e. The molecular formula is C49H35N3. The average Bonchev–Trinajstić information content (AvgIpc) is 3.23. The van der Waals surface area contributed by atoms with Gasteiger partial charge in [-0.25, -0.2) is 0 Å². The monoisotopic (exact) mass is 665 g/mol. The minimum absolute atomic E-state index is 0.278. The predicted octanol–water partition coefficient (Wildman–Crippen LogP) is 11.7. The van der Waals surface area contributed by atoms with Crippen molar-refractivity contribution in [2.24, 2.45) is 4.99 Å². The lowest BCUT2D eigenvalue weighted by atomic mass is 9.86. The molecule has 0 saturated heterocycles. The van der Waals surface area contributed by atoms with Gasteiger partial charge in [-0.15, -0.1) is 0 Å². The molecule has 0 spiro atoms. The first kappa shape index (κ1) is 30.3. The number of allylic oxidation sites excluding steroid dienone is 2. The van der Waals surface area contributed by atoms with Crippen LogP contribution in [0.1, 0.15) is 46.0 Å². The van der Waals surface area contributed by atoms with E-state index < -0.39 is 0 Å². The standard InChI is InChI=1S/C49H35N3/c1-2-15-39-32(10-1)11-8-20-40(39)33-21-23-34(24-22-33)47-30-48(36-13-7-12-35(28-36)38-14-9-27-50-31-38)52-49(51-47)37-25-26-45-43-18-4-3-16-41(43)42-17-5-6-19-44(42)46(45)29-37/h1-7,9-10,12-31,49,51H,8,11H2. The number of hydrogen-bond donors (Lipinski definition) is 1. The summed E-state index contributed by atoms with van der Waals surface area (Å²) >= 11 is 0. The minimum atomic E-state index is -0.278. The maximum absolute atomic E-state index is 5.40. The summed E-state index contributed by atoms with van der Waals surface area (Å²) in [6.45, 7) is 0. The van der Waals surface area contributed by atoms with Crippen molar-refractivity contribution in [3.63, 3.8) is 0 Å². The molecule has 0 amide bonds. The van der Waals surface area contributed by atoms with Crippen molar-refractivity contribution in [1.29, 1.82) is 0 Å². The zero-order valence-electron chi connectivity index (χ0n) is 28.6. The van der Waals surface area contributed by atoms with E-state index in [1.165, 1.54) is 54.6 Å². The quantitative estimate of drug-likeness (QED) is 0.186. The summed E-state index contributed by atoms with van der Waals surface area (Å²) in [6.07, 6.45) is 10.2. The van der Waals surface area contributed by atoms with Crippen molar-refractivity contribution in [1.82, 2.24) is 10.3 Å². The highest BCUT2D eigenvalue weighted by Crippen LogP contribution is 2.38. The summed E-state index contributed by atoms with van der Waals surface area (Å²) in [5.41, 5.74) is 12.9. The number of hydrogen-bond acceptors (Lipinski definition) is 3. The van der Waals surface area contributed by atoms with Crippen molar-refractivity contribution < 1.29 is 0 Å². The van der Waals surface area contributed by atoms with Crippen molar-refractivity contribution in [2.75, 3.05) is 0 Å². The molecule has 1 N–H and O–H groups in total. The molecule has 246 valence electrons. The van der Waals surface area contributed by atoms with Crippen LogP contribution in [0.15, 0.2) is 181 Å². The predicted molar refractivity (Wildman–Crippen MR) is 217 cm³/mol. The Kier molecular flexibility index (Phi) is 7.35. The summed E-state index contributed by atoms with van der Waals surface area (Å²) in [7, 11) is 0. The van der Waals surface area contributed by atoms with E-state index in [0.717, 1.165) is 52.1 Å². The van der Waals surface area contributed by atoms with Gasteiger partial charge in [-0.1, -0.05) is 140 Å². The molecule has 0 saturated carbocycles. The van der Waals surface area contributed by atoms with Gasteiger partial charge in [0, 0.05) is 29.2 Å². The Morgan fingerprint density at radius 2 is 1.19 bits per heavy atom. The lowest BCUT2D eigenvalue weighted by molar-refractivity contribution is 0.665. The summed E-state index contributed by atoms with van der Waals surface area (Å²) in [5, 5.41) is 11.4. The van der Waals surface area contributed by atoms with Gasteiger partial charge >= 0.3 is 0 Å². The molecule has 1 aliphatic heterocycles. The van der Waals surface area contributed by atoms with Gasteiger partial charge in [-0.2, -0.15) is 0 Å². The number of aryl methyl sites for hydroxylation is 1. The van der Waals surface area contributed by atoms with Crippen LogP contribution in [0.2, 0.25) is 0 Å². The Morgan fingerprint density at radius 3 is 1.96 bits per heavy atom. The minimum Gasteiger partial charge on any atom is -0.360 e. The Bertz CT molecular complexity index is 2720. The van der Waals surface area contributed by atoms with Crippen LogP contribution in [0.5, 0.6) is 0 Å². The van der Waals surface area contributed by atoms with Gasteiger partial charge in [0.15, 0.2) is 0 Å². The van der Waals surface area contributed by atoms with Gasteiger partial charge in [-0.3, -0.25) is 9.98 Å². The van der Waals surface area contributed by atoms with E-state index in [-0.39, 0.29) is 6.17 Å². The largest absolute Gasteiger partial charge is 0.360 e. The number of rotatable bonds is 5. The fourth-order valence-electron chi connectivity index (χ4n) is 8.09. The van der Waals surface area contributed by atoms with Crippen molar-refractivity contribution in [3.8, 4) is 11.1 Å². The van der Waals surface area contributed by atoms with Crippen molar-refractivity contribution >= 4 is 49.3 Å². The van der Waals surface area contributed by atoms with Crippen LogP contribution in [-0.4, -0.2) is 10.7 Å². The van der Waals surface area contributed by atoms with Gasteiger partial charge in [-0.05, 0) is 108 Å². The second kappa shape index (κ2) is 12.6. The Labute approximate surface area is 303 Å². The SMILES string of the molecule is C1=C(c2ccc(C3=CCCc4ccccc43)cc2)NC(c2ccc3c4ccccc4c4ccccc4c3c2)N=C1c1cccc(-c2cccnc2)c1. The third-order valence-electron chi connectivity index (χ3n) is 10.7. The van der Waals surface area contributed by atoms with E-state index in [0.29, 0.717) is 0 Å². The van der Waals surface area contributed by atoms with E-state index in [1.54, 1.807) is 0 Å². The molecule has 0 fully saturated rings. The maximum atomic E-state index is 5.40. The van der Waals surface area contributed by atoms with Gasteiger partial charge in [0.1, 0.15) is 6.17 Å². The number of nitrogens with zero attached hydrogens (tertiary/aromatic N) is 2. The molecule has 3 heteroatoms. The fraction of sp³-hybridized carbons (Fsp3) is 0.0612. The first-order valence-electron chi connectivity index (χ1n) is 18.1. The summed E-state index contributed by atoms with van der Waals surface area (Å²) in [6, 6.07) is 54.9. The molecule has 10 rings (SSSR count). The van der Waals surface area contributed by atoms with Crippen LogP contribution in [0.4, 0.5) is 0 Å². The highest BCUT2D eigenvalue weighted by molar-refractivity contribution is 6.25. The van der Waals surface area contributed by atoms with Gasteiger partial charge < -0.3 is 5.32 Å². The van der Waals surface area contributed by atoms with E-state index in [2.05, 4.69) is 168 Å². The summed E-state index contributed by atoms with van der Waals surface area (Å²) in [5.74, 6) is 0. The molecule has 1 unspecified atom stereocenters. The van der Waals surface area contributed by atoms with Gasteiger partial charge in [0.25, 0.3) is 0 Å². The fourth-order valence-corrected chi connectivity index (χ4v) is 8.09. The lowest BCUT2D eigenvalue weighted by Gasteiger charge is -2.26. The number of aliphatic imine (C=N–C) groups is 1. The van der Waals surface area contributed by atoms with Crippen molar-refractivity contribution in [3.05, 3.63) is 210 Å². The Hall–Kier alpha value is -6.58. The van der Waals surface area contributed by atoms with Gasteiger partial charge in [0.2, 0.25) is 0 Å². The number of benzene rings is 7. The molecule has 7 aromatic carbocycles. The molecule has 2 aliphatic rings. The molecule has 0 radical (unpaired) electrons. The molecule has 8 aromatic rings. The number of fused-ring (bicyclic) bond motifs is 7. The molecule has 1 aromatic heterocycles. The van der Waals surface area contributed by atoms with Crippen molar-refractivity contribution in [2.45, 2.75) is 19.0 Å². The summed E-state index contributed by atoms with van der Waals surface area (Å²) in [4.78, 5) is 9.77. The molecule has 2 heterocycles. The van der Waals surface area contributed by atoms with Crippen LogP contribution in [-0.2, 0) is 6.42 Å². The van der Waals surface area contributed by atoms with E-state index in [1.807, 2.05) is 18.5 Å². The zero-order valence-corrected chi connectivity index (χ0v) is 28.6. The Balaban J connectivity index is 1.09. The Morgan fingerprint density at radius 1 is 0.519 bits per heavy atom. The van der Waals surface area contributed by atoms with E-state index in [9.17, 15) is 0 Å². The third-order valence-corrected chi connectivity index (χ3v) is 10.7. The number of nitrogens with one attached hydrogen (secondary N) is 1. The molecule has 0 bridgehead atoms. The second-order valence-electron chi connectivity index (χ2n) is 13.7. The zero-order chi connectivity index (χ0) is 34.4. The van der Waals surface area contributed by atoms with Crippen LogP contribution in [0, 0.1) is 0 Å².